The Balaban J connectivity index is 2.13. The molecule has 2 aliphatic rings. The van der Waals surface area contributed by atoms with Gasteiger partial charge in [0, 0.05) is 25.6 Å². The summed E-state index contributed by atoms with van der Waals surface area (Å²) in [6.45, 7) is 0.426. The molecular weight excluding hydrogens is 232 g/mol. The maximum Gasteiger partial charge on any atom is 0.337 e. The predicted molar refractivity (Wildman–Crippen MR) is 65.4 cm³/mol. The first kappa shape index (κ1) is 12.8. The lowest BCUT2D eigenvalue weighted by Crippen LogP contribution is -2.46. The van der Waals surface area contributed by atoms with Gasteiger partial charge in [-0.15, -0.1) is 0 Å². The number of imide groups is 2. The number of allylic oxidation sites excluding steroid dienone is 1. The van der Waals surface area contributed by atoms with E-state index in [0.29, 0.717) is 19.4 Å². The van der Waals surface area contributed by atoms with Crippen LogP contribution in [0, 0.1) is 0 Å². The van der Waals surface area contributed by atoms with Gasteiger partial charge in [0.1, 0.15) is 0 Å². The van der Waals surface area contributed by atoms with Gasteiger partial charge in [0.25, 0.3) is 0 Å². The van der Waals surface area contributed by atoms with Gasteiger partial charge in [0.2, 0.25) is 11.8 Å². The summed E-state index contributed by atoms with van der Waals surface area (Å²) in [6, 6.07) is -0.481. The quantitative estimate of drug-likeness (QED) is 0.661. The lowest BCUT2D eigenvalue weighted by molar-refractivity contribution is -0.130. The van der Waals surface area contributed by atoms with Gasteiger partial charge in [-0.05, 0) is 25.7 Å². The smallest absolute Gasteiger partial charge is 0.274 e. The summed E-state index contributed by atoms with van der Waals surface area (Å²) in [7, 11) is 0. The van der Waals surface area contributed by atoms with Gasteiger partial charge < -0.3 is 0 Å². The van der Waals surface area contributed by atoms with Crippen LogP contribution in [0.3, 0.4) is 0 Å². The van der Waals surface area contributed by atoms with Crippen molar-refractivity contribution in [1.82, 2.24) is 9.80 Å². The highest BCUT2D eigenvalue weighted by Gasteiger charge is 2.30. The van der Waals surface area contributed by atoms with Crippen molar-refractivity contribution >= 4 is 17.8 Å². The third-order valence-electron chi connectivity index (χ3n) is 3.30. The number of carbonyl (C=O) groups is 3. The largest absolute Gasteiger partial charge is 0.337 e. The minimum absolute atomic E-state index is 0.164. The molecule has 2 heterocycles. The Bertz CT molecular complexity index is 390. The molecule has 5 heteroatoms. The lowest BCUT2D eigenvalue weighted by Gasteiger charge is -2.24. The van der Waals surface area contributed by atoms with Gasteiger partial charge in [-0.2, -0.15) is 0 Å². The summed E-state index contributed by atoms with van der Waals surface area (Å²) in [5, 5.41) is 0. The monoisotopic (exact) mass is 250 g/mol. The van der Waals surface area contributed by atoms with Crippen LogP contribution in [-0.2, 0) is 9.59 Å². The van der Waals surface area contributed by atoms with Gasteiger partial charge in [0.15, 0.2) is 0 Å². The first-order valence-electron chi connectivity index (χ1n) is 6.53. The highest BCUT2D eigenvalue weighted by molar-refractivity contribution is 6.03. The minimum atomic E-state index is -0.481. The van der Waals surface area contributed by atoms with E-state index in [1.807, 2.05) is 6.08 Å². The van der Waals surface area contributed by atoms with Gasteiger partial charge in [0.05, 0.1) is 0 Å². The molecule has 0 aromatic rings. The van der Waals surface area contributed by atoms with Gasteiger partial charge >= 0.3 is 6.03 Å². The molecule has 4 amide bonds. The van der Waals surface area contributed by atoms with Crippen LogP contribution in [0.5, 0.6) is 0 Å². The van der Waals surface area contributed by atoms with Gasteiger partial charge in [-0.3, -0.25) is 14.5 Å². The van der Waals surface area contributed by atoms with E-state index in [1.165, 1.54) is 11.1 Å². The Labute approximate surface area is 106 Å². The number of amides is 4. The molecule has 2 aliphatic heterocycles. The lowest BCUT2D eigenvalue weighted by atomic mass is 10.2. The number of rotatable bonds is 0. The maximum absolute atomic E-state index is 12.2. The zero-order valence-electron chi connectivity index (χ0n) is 10.4. The molecule has 0 unspecified atom stereocenters. The van der Waals surface area contributed by atoms with Crippen LogP contribution in [0.1, 0.15) is 44.9 Å². The van der Waals surface area contributed by atoms with Crippen LogP contribution < -0.4 is 0 Å². The first-order valence-corrected chi connectivity index (χ1v) is 6.53. The van der Waals surface area contributed by atoms with Crippen LogP contribution in [0.25, 0.3) is 0 Å². The topological polar surface area (TPSA) is 57.7 Å². The van der Waals surface area contributed by atoms with E-state index in [1.54, 1.807) is 0 Å². The van der Waals surface area contributed by atoms with Crippen molar-refractivity contribution < 1.29 is 14.4 Å². The second-order valence-electron chi connectivity index (χ2n) is 4.68. The average molecular weight is 250 g/mol. The average Bonchev–Trinajstić information content (AvgIpc) is 2.69. The summed E-state index contributed by atoms with van der Waals surface area (Å²) in [5.74, 6) is -0.381. The molecule has 98 valence electrons. The van der Waals surface area contributed by atoms with Crippen molar-refractivity contribution in [2.45, 2.75) is 44.9 Å². The number of carbonyl (C=O) groups excluding carboxylic acids is 3. The molecule has 0 spiro atoms. The summed E-state index contributed by atoms with van der Waals surface area (Å²) < 4.78 is 0. The highest BCUT2D eigenvalue weighted by atomic mass is 16.2. The SMILES string of the molecule is O=C1CCCC=CN1C(=O)N1CCCCCC1=O. The number of hydrogen-bond donors (Lipinski definition) is 0. The third-order valence-corrected chi connectivity index (χ3v) is 3.30. The van der Waals surface area contributed by atoms with E-state index in [9.17, 15) is 14.4 Å². The summed E-state index contributed by atoms with van der Waals surface area (Å²) in [5.41, 5.74) is 0. The second kappa shape index (κ2) is 5.80. The Morgan fingerprint density at radius 1 is 1.00 bits per heavy atom. The molecule has 18 heavy (non-hydrogen) atoms. The van der Waals surface area contributed by atoms with Crippen molar-refractivity contribution in [1.29, 1.82) is 0 Å². The molecule has 0 bridgehead atoms. The second-order valence-corrected chi connectivity index (χ2v) is 4.68. The Kier molecular flexibility index (Phi) is 4.12. The van der Waals surface area contributed by atoms with Crippen LogP contribution in [-0.4, -0.2) is 34.2 Å². The fraction of sp³-hybridized carbons (Fsp3) is 0.615. The first-order chi connectivity index (χ1) is 8.70. The molecule has 0 aliphatic carbocycles. The van der Waals surface area contributed by atoms with Gasteiger partial charge in [-0.1, -0.05) is 12.5 Å². The molecule has 0 atom stereocenters. The number of likely N-dealkylation sites (tertiary alicyclic amines) is 1. The van der Waals surface area contributed by atoms with E-state index >= 15 is 0 Å². The van der Waals surface area contributed by atoms with E-state index in [2.05, 4.69) is 0 Å². The van der Waals surface area contributed by atoms with Crippen molar-refractivity contribution in [3.05, 3.63) is 12.3 Å². The number of hydrogen-bond acceptors (Lipinski definition) is 3. The highest BCUT2D eigenvalue weighted by Crippen LogP contribution is 2.16. The molecule has 0 aromatic carbocycles. The van der Waals surface area contributed by atoms with Crippen molar-refractivity contribution in [2.75, 3.05) is 6.54 Å². The Morgan fingerprint density at radius 2 is 1.78 bits per heavy atom. The number of urea groups is 1. The van der Waals surface area contributed by atoms with E-state index < -0.39 is 6.03 Å². The molecule has 0 radical (unpaired) electrons. The Morgan fingerprint density at radius 3 is 2.61 bits per heavy atom. The minimum Gasteiger partial charge on any atom is -0.274 e. The fourth-order valence-corrected chi connectivity index (χ4v) is 2.24. The van der Waals surface area contributed by atoms with Gasteiger partial charge in [-0.25, -0.2) is 9.69 Å². The number of nitrogens with zero attached hydrogens (tertiary/aromatic N) is 2. The van der Waals surface area contributed by atoms with Crippen LogP contribution in [0.4, 0.5) is 4.79 Å². The standard InChI is InChI=1S/C13H18N2O3/c16-11-7-3-1-5-9-14(11)13(18)15-10-6-2-4-8-12(15)17/h5,9H,1-4,6-8,10H2. The zero-order chi connectivity index (χ0) is 13.0. The zero-order valence-corrected chi connectivity index (χ0v) is 10.4. The Hall–Kier alpha value is -1.65. The van der Waals surface area contributed by atoms with E-state index in [4.69, 9.17) is 0 Å². The molecular formula is C13H18N2O3. The third kappa shape index (κ3) is 2.78. The summed E-state index contributed by atoms with van der Waals surface area (Å²) in [6.07, 6.45) is 8.24. The molecule has 2 rings (SSSR count). The van der Waals surface area contributed by atoms with E-state index in [-0.39, 0.29) is 11.8 Å². The van der Waals surface area contributed by atoms with Crippen LogP contribution in [0.15, 0.2) is 12.3 Å². The molecule has 5 nitrogen and oxygen atoms in total. The van der Waals surface area contributed by atoms with E-state index in [0.717, 1.165) is 37.0 Å². The fourth-order valence-electron chi connectivity index (χ4n) is 2.24. The van der Waals surface area contributed by atoms with Crippen LogP contribution >= 0.6 is 0 Å². The maximum atomic E-state index is 12.2. The summed E-state index contributed by atoms with van der Waals surface area (Å²) >= 11 is 0. The predicted octanol–water partition coefficient (Wildman–Crippen LogP) is 2.04. The molecule has 0 saturated carbocycles. The molecule has 0 N–H and O–H groups in total. The van der Waals surface area contributed by atoms with Crippen LogP contribution in [0.2, 0.25) is 0 Å². The molecule has 1 fully saturated rings. The normalized spacial score (nSPS) is 21.8. The van der Waals surface area contributed by atoms with Crippen molar-refractivity contribution in [3.63, 3.8) is 0 Å². The van der Waals surface area contributed by atoms with Crippen molar-refractivity contribution in [2.24, 2.45) is 0 Å². The molecule has 0 aromatic heterocycles. The summed E-state index contributed by atoms with van der Waals surface area (Å²) in [4.78, 5) is 38.2. The molecule has 1 saturated heterocycles. The van der Waals surface area contributed by atoms with Crippen molar-refractivity contribution in [3.8, 4) is 0 Å².